The molecule has 0 atom stereocenters. The predicted molar refractivity (Wildman–Crippen MR) is 80.3 cm³/mol. The van der Waals surface area contributed by atoms with E-state index in [1.807, 2.05) is 17.9 Å². The van der Waals surface area contributed by atoms with Crippen molar-refractivity contribution in [3.8, 4) is 6.07 Å². The standard InChI is InChI=1S/C15H20N4O2/c1-2-19(11-14(17)20)9-5-8-15(21)18-13-7-4-3-6-12(13)10-16/h3-4,6-7H,2,5,8-9,11H2,1H3,(H2,17,20)(H,18,21). The number of carbonyl (C=O) groups is 2. The van der Waals surface area contributed by atoms with Crippen molar-refractivity contribution in [2.24, 2.45) is 5.73 Å². The zero-order chi connectivity index (χ0) is 15.7. The first-order valence-corrected chi connectivity index (χ1v) is 6.86. The molecule has 0 saturated heterocycles. The number of benzene rings is 1. The lowest BCUT2D eigenvalue weighted by Gasteiger charge is -2.17. The number of nitrogens with one attached hydrogen (secondary N) is 1. The molecule has 6 nitrogen and oxygen atoms in total. The molecule has 0 spiro atoms. The van der Waals surface area contributed by atoms with Crippen LogP contribution in [0.15, 0.2) is 24.3 Å². The third kappa shape index (κ3) is 6.06. The smallest absolute Gasteiger partial charge is 0.231 e. The van der Waals surface area contributed by atoms with Crippen molar-refractivity contribution in [1.82, 2.24) is 4.90 Å². The second kappa shape index (κ2) is 8.72. The summed E-state index contributed by atoms with van der Waals surface area (Å²) in [6, 6.07) is 8.90. The third-order valence-electron chi connectivity index (χ3n) is 3.03. The average molecular weight is 288 g/mol. The van der Waals surface area contributed by atoms with Gasteiger partial charge < -0.3 is 11.1 Å². The summed E-state index contributed by atoms with van der Waals surface area (Å²) >= 11 is 0. The van der Waals surface area contributed by atoms with E-state index in [2.05, 4.69) is 5.32 Å². The number of likely N-dealkylation sites (N-methyl/N-ethyl adjacent to an activating group) is 1. The maximum atomic E-state index is 11.8. The molecular weight excluding hydrogens is 268 g/mol. The number of amides is 2. The van der Waals surface area contributed by atoms with Gasteiger partial charge in [-0.05, 0) is 31.6 Å². The summed E-state index contributed by atoms with van der Waals surface area (Å²) in [6.07, 6.45) is 0.955. The van der Waals surface area contributed by atoms with Crippen LogP contribution < -0.4 is 11.1 Å². The molecule has 112 valence electrons. The number of primary amides is 1. The lowest BCUT2D eigenvalue weighted by molar-refractivity contribution is -0.119. The third-order valence-corrected chi connectivity index (χ3v) is 3.03. The predicted octanol–water partition coefficient (Wildman–Crippen LogP) is 1.08. The maximum absolute atomic E-state index is 11.8. The Bertz CT molecular complexity index is 537. The molecule has 1 aromatic rings. The zero-order valence-electron chi connectivity index (χ0n) is 12.1. The summed E-state index contributed by atoms with van der Waals surface area (Å²) < 4.78 is 0. The van der Waals surface area contributed by atoms with Crippen molar-refractivity contribution in [3.63, 3.8) is 0 Å². The summed E-state index contributed by atoms with van der Waals surface area (Å²) in [4.78, 5) is 24.6. The normalized spacial score (nSPS) is 10.1. The first-order chi connectivity index (χ1) is 10.1. The minimum absolute atomic E-state index is 0.146. The Balaban J connectivity index is 2.41. The Labute approximate surface area is 124 Å². The molecule has 3 N–H and O–H groups in total. The van der Waals surface area contributed by atoms with Crippen LogP contribution in [0, 0.1) is 11.3 Å². The van der Waals surface area contributed by atoms with E-state index < -0.39 is 0 Å². The number of nitriles is 1. The molecule has 21 heavy (non-hydrogen) atoms. The molecule has 1 aromatic carbocycles. The highest BCUT2D eigenvalue weighted by Gasteiger charge is 2.09. The monoisotopic (exact) mass is 288 g/mol. The van der Waals surface area contributed by atoms with Crippen LogP contribution in [0.3, 0.4) is 0 Å². The second-order valence-corrected chi connectivity index (χ2v) is 4.64. The Kier molecular flexibility index (Phi) is 6.92. The van der Waals surface area contributed by atoms with E-state index in [1.54, 1.807) is 24.3 Å². The molecule has 1 rings (SSSR count). The number of nitrogens with two attached hydrogens (primary N) is 1. The van der Waals surface area contributed by atoms with Gasteiger partial charge in [0.25, 0.3) is 0 Å². The number of para-hydroxylation sites is 1. The SMILES string of the molecule is CCN(CCCC(=O)Nc1ccccc1C#N)CC(N)=O. The molecule has 0 fully saturated rings. The molecule has 0 bridgehead atoms. The van der Waals surface area contributed by atoms with Crippen LogP contribution in [-0.4, -0.2) is 36.3 Å². The fourth-order valence-electron chi connectivity index (χ4n) is 1.93. The van der Waals surface area contributed by atoms with E-state index in [0.717, 1.165) is 0 Å². The highest BCUT2D eigenvalue weighted by Crippen LogP contribution is 2.13. The molecule has 0 aromatic heterocycles. The van der Waals surface area contributed by atoms with Crippen molar-refractivity contribution >= 4 is 17.5 Å². The average Bonchev–Trinajstić information content (AvgIpc) is 2.46. The number of nitrogens with zero attached hydrogens (tertiary/aromatic N) is 2. The Morgan fingerprint density at radius 3 is 2.71 bits per heavy atom. The molecule has 2 amide bonds. The topological polar surface area (TPSA) is 99.2 Å². The minimum atomic E-state index is -0.371. The molecule has 0 aliphatic carbocycles. The highest BCUT2D eigenvalue weighted by atomic mass is 16.2. The van der Waals surface area contributed by atoms with Crippen LogP contribution in [0.4, 0.5) is 5.69 Å². The van der Waals surface area contributed by atoms with Crippen LogP contribution in [0.5, 0.6) is 0 Å². The number of anilines is 1. The van der Waals surface area contributed by atoms with Gasteiger partial charge in [-0.15, -0.1) is 0 Å². The van der Waals surface area contributed by atoms with Gasteiger partial charge in [0.2, 0.25) is 11.8 Å². The largest absolute Gasteiger partial charge is 0.369 e. The number of rotatable bonds is 8. The van der Waals surface area contributed by atoms with Gasteiger partial charge in [0.1, 0.15) is 6.07 Å². The van der Waals surface area contributed by atoms with Crippen molar-refractivity contribution in [3.05, 3.63) is 29.8 Å². The van der Waals surface area contributed by atoms with E-state index in [4.69, 9.17) is 11.0 Å². The molecule has 0 aliphatic heterocycles. The van der Waals surface area contributed by atoms with Gasteiger partial charge in [0.15, 0.2) is 0 Å². The van der Waals surface area contributed by atoms with Gasteiger partial charge in [0.05, 0.1) is 17.8 Å². The lowest BCUT2D eigenvalue weighted by atomic mass is 10.2. The van der Waals surface area contributed by atoms with E-state index in [-0.39, 0.29) is 18.4 Å². The van der Waals surface area contributed by atoms with Crippen LogP contribution in [-0.2, 0) is 9.59 Å². The second-order valence-electron chi connectivity index (χ2n) is 4.64. The number of carbonyl (C=O) groups excluding carboxylic acids is 2. The molecule has 0 saturated carbocycles. The van der Waals surface area contributed by atoms with Crippen molar-refractivity contribution < 1.29 is 9.59 Å². The zero-order valence-corrected chi connectivity index (χ0v) is 12.1. The first kappa shape index (κ1) is 16.7. The molecule has 6 heteroatoms. The van der Waals surface area contributed by atoms with Gasteiger partial charge in [-0.1, -0.05) is 19.1 Å². The van der Waals surface area contributed by atoms with Crippen molar-refractivity contribution in [2.75, 3.05) is 25.0 Å². The van der Waals surface area contributed by atoms with Gasteiger partial charge in [-0.25, -0.2) is 0 Å². The fraction of sp³-hybridized carbons (Fsp3) is 0.400. The lowest BCUT2D eigenvalue weighted by Crippen LogP contribution is -2.34. The van der Waals surface area contributed by atoms with Crippen LogP contribution in [0.25, 0.3) is 0 Å². The van der Waals surface area contributed by atoms with Crippen LogP contribution >= 0.6 is 0 Å². The van der Waals surface area contributed by atoms with Gasteiger partial charge in [-0.3, -0.25) is 14.5 Å². The number of hydrogen-bond donors (Lipinski definition) is 2. The van der Waals surface area contributed by atoms with Crippen LogP contribution in [0.2, 0.25) is 0 Å². The highest BCUT2D eigenvalue weighted by molar-refractivity contribution is 5.92. The van der Waals surface area contributed by atoms with Crippen molar-refractivity contribution in [2.45, 2.75) is 19.8 Å². The van der Waals surface area contributed by atoms with E-state index in [0.29, 0.717) is 37.2 Å². The first-order valence-electron chi connectivity index (χ1n) is 6.86. The van der Waals surface area contributed by atoms with Gasteiger partial charge in [-0.2, -0.15) is 5.26 Å². The van der Waals surface area contributed by atoms with Crippen LogP contribution in [0.1, 0.15) is 25.3 Å². The van der Waals surface area contributed by atoms with E-state index in [1.165, 1.54) is 0 Å². The summed E-state index contributed by atoms with van der Waals surface area (Å²) in [5.41, 5.74) is 6.11. The minimum Gasteiger partial charge on any atom is -0.369 e. The van der Waals surface area contributed by atoms with Crippen molar-refractivity contribution in [1.29, 1.82) is 5.26 Å². The van der Waals surface area contributed by atoms with E-state index in [9.17, 15) is 9.59 Å². The Morgan fingerprint density at radius 2 is 2.10 bits per heavy atom. The molecular formula is C15H20N4O2. The molecule has 0 radical (unpaired) electrons. The summed E-state index contributed by atoms with van der Waals surface area (Å²) in [6.45, 7) is 3.48. The Hall–Kier alpha value is -2.39. The Morgan fingerprint density at radius 1 is 1.38 bits per heavy atom. The molecule has 0 heterocycles. The summed E-state index contributed by atoms with van der Waals surface area (Å²) in [5, 5.41) is 11.7. The van der Waals surface area contributed by atoms with Gasteiger partial charge in [0, 0.05) is 6.42 Å². The number of hydrogen-bond acceptors (Lipinski definition) is 4. The van der Waals surface area contributed by atoms with Gasteiger partial charge >= 0.3 is 0 Å². The summed E-state index contributed by atoms with van der Waals surface area (Å²) in [5.74, 6) is -0.517. The fourth-order valence-corrected chi connectivity index (χ4v) is 1.93. The maximum Gasteiger partial charge on any atom is 0.231 e. The summed E-state index contributed by atoms with van der Waals surface area (Å²) in [7, 11) is 0. The molecule has 0 unspecified atom stereocenters. The van der Waals surface area contributed by atoms with E-state index >= 15 is 0 Å². The molecule has 0 aliphatic rings. The quantitative estimate of drug-likeness (QED) is 0.747.